The van der Waals surface area contributed by atoms with E-state index < -0.39 is 187 Å². The van der Waals surface area contributed by atoms with Crippen LogP contribution >= 0.6 is 0 Å². The van der Waals surface area contributed by atoms with Crippen LogP contribution in [-0.4, -0.2) is 216 Å². The molecular weight excluding hydrogens is 1300 g/mol. The molecule has 30 N–H and O–H groups in total. The number of benzene rings is 1. The quantitative estimate of drug-likeness (QED) is 0.0164. The minimum atomic E-state index is -1.90. The van der Waals surface area contributed by atoms with Gasteiger partial charge in [0.05, 0.1) is 19.1 Å². The minimum absolute atomic E-state index is 0.00275. The molecule has 0 saturated heterocycles. The Morgan fingerprint density at radius 2 is 0.808 bits per heavy atom. The summed E-state index contributed by atoms with van der Waals surface area (Å²) in [6.45, 7) is 7.13. The number of hydrogen-bond donors (Lipinski definition) is 25. The van der Waals surface area contributed by atoms with E-state index in [-0.39, 0.29) is 95.8 Å². The number of rotatable bonds is 50. The van der Waals surface area contributed by atoms with Crippen LogP contribution in [0.3, 0.4) is 0 Å². The largest absolute Gasteiger partial charge is 0.481 e. The lowest BCUT2D eigenvalue weighted by Gasteiger charge is -2.29. The molecule has 0 aliphatic heterocycles. The summed E-state index contributed by atoms with van der Waals surface area (Å²) in [5, 5.41) is 87.7. The summed E-state index contributed by atoms with van der Waals surface area (Å²) in [7, 11) is 1.48. The normalized spacial score (nSPS) is 14.9. The first-order chi connectivity index (χ1) is 46.7. The second kappa shape index (κ2) is 47.1. The first-order valence-corrected chi connectivity index (χ1v) is 32.8. The molecule has 0 bridgehead atoms. The maximum atomic E-state index is 14.4. The number of aliphatic carboxylic acids is 2. The van der Waals surface area contributed by atoms with Crippen LogP contribution in [0.15, 0.2) is 30.3 Å². The molecule has 0 aromatic heterocycles. The van der Waals surface area contributed by atoms with Gasteiger partial charge >= 0.3 is 11.9 Å². The monoisotopic (exact) mass is 1400 g/mol. The van der Waals surface area contributed by atoms with Crippen LogP contribution in [0.25, 0.3) is 0 Å². The van der Waals surface area contributed by atoms with Crippen molar-refractivity contribution in [1.29, 1.82) is 16.2 Å². The third-order valence-electron chi connectivity index (χ3n) is 15.9. The summed E-state index contributed by atoms with van der Waals surface area (Å²) in [4.78, 5) is 176. The van der Waals surface area contributed by atoms with E-state index in [9.17, 15) is 77.6 Å². The number of nitrogens with one attached hydrogen (secondary N) is 17. The van der Waals surface area contributed by atoms with Crippen LogP contribution in [0, 0.1) is 28.1 Å². The van der Waals surface area contributed by atoms with E-state index in [1.807, 2.05) is 0 Å². The molecule has 13 atom stereocenters. The van der Waals surface area contributed by atoms with Crippen LogP contribution in [-0.2, 0) is 68.7 Å². The van der Waals surface area contributed by atoms with Gasteiger partial charge < -0.3 is 118 Å². The van der Waals surface area contributed by atoms with Gasteiger partial charge in [-0.1, -0.05) is 70.9 Å². The van der Waals surface area contributed by atoms with Gasteiger partial charge in [0.25, 0.3) is 0 Å². The van der Waals surface area contributed by atoms with E-state index in [4.69, 9.17) is 44.9 Å². The molecule has 0 fully saturated rings. The average molecular weight is 1400 g/mol. The van der Waals surface area contributed by atoms with Gasteiger partial charge in [-0.3, -0.25) is 78.6 Å². The van der Waals surface area contributed by atoms with E-state index in [1.165, 1.54) is 7.05 Å². The fraction of sp³-hybridized carbons (Fsp3) is 0.639. The highest BCUT2D eigenvalue weighted by Gasteiger charge is 2.38. The summed E-state index contributed by atoms with van der Waals surface area (Å²) in [5.74, 6) is -15.8. The number of carbonyl (C=O) groups excluding carboxylic acids is 11. The Balaban J connectivity index is 3.57. The van der Waals surface area contributed by atoms with Gasteiger partial charge in [-0.15, -0.1) is 0 Å². The Morgan fingerprint density at radius 1 is 0.434 bits per heavy atom. The number of carboxylic acid groups (broad SMARTS) is 2. The van der Waals surface area contributed by atoms with Gasteiger partial charge in [-0.25, -0.2) is 0 Å². The molecule has 0 aliphatic carbocycles. The number of guanidine groups is 3. The Bertz CT molecular complexity index is 2880. The topological polar surface area (TPSA) is 653 Å². The van der Waals surface area contributed by atoms with Gasteiger partial charge in [-0.2, -0.15) is 0 Å². The molecule has 0 saturated carbocycles. The van der Waals surface area contributed by atoms with Gasteiger partial charge in [0, 0.05) is 32.5 Å². The van der Waals surface area contributed by atoms with E-state index in [2.05, 4.69) is 74.4 Å². The van der Waals surface area contributed by atoms with Crippen LogP contribution in [0.4, 0.5) is 0 Å². The van der Waals surface area contributed by atoms with Crippen LogP contribution in [0.5, 0.6) is 0 Å². The van der Waals surface area contributed by atoms with Crippen molar-refractivity contribution in [2.75, 3.05) is 39.8 Å². The van der Waals surface area contributed by atoms with Crippen molar-refractivity contribution in [1.82, 2.24) is 74.4 Å². The van der Waals surface area contributed by atoms with Crippen molar-refractivity contribution >= 4 is 94.8 Å². The fourth-order valence-corrected chi connectivity index (χ4v) is 9.71. The van der Waals surface area contributed by atoms with E-state index in [0.29, 0.717) is 24.8 Å². The molecule has 0 radical (unpaired) electrons. The zero-order valence-electron chi connectivity index (χ0n) is 57.1. The molecule has 38 heteroatoms. The second-order valence-corrected chi connectivity index (χ2v) is 23.8. The lowest BCUT2D eigenvalue weighted by Crippen LogP contribution is -2.61. The summed E-state index contributed by atoms with van der Waals surface area (Å²) in [6.07, 6.45) is -0.776. The van der Waals surface area contributed by atoms with Crippen molar-refractivity contribution in [3.63, 3.8) is 0 Å². The molecule has 0 unspecified atom stereocenters. The van der Waals surface area contributed by atoms with E-state index in [1.54, 1.807) is 58.0 Å². The number of aliphatic hydroxyl groups excluding tert-OH is 1. The number of carboxylic acids is 2. The van der Waals surface area contributed by atoms with Gasteiger partial charge in [-0.05, 0) is 102 Å². The molecule has 0 spiro atoms. The minimum Gasteiger partial charge on any atom is -0.481 e. The second-order valence-electron chi connectivity index (χ2n) is 23.8. The Labute approximate surface area is 574 Å². The van der Waals surface area contributed by atoms with E-state index >= 15 is 0 Å². The number of aliphatic hydroxyl groups is 1. The predicted octanol–water partition coefficient (Wildman–Crippen LogP) is -6.49. The van der Waals surface area contributed by atoms with Crippen molar-refractivity contribution in [2.45, 2.75) is 197 Å². The highest BCUT2D eigenvalue weighted by molar-refractivity contribution is 6.00. The van der Waals surface area contributed by atoms with Crippen LogP contribution < -0.4 is 103 Å². The molecule has 1 aromatic carbocycles. The molecule has 38 nitrogen and oxygen atoms in total. The van der Waals surface area contributed by atoms with Crippen molar-refractivity contribution < 1.29 is 77.6 Å². The lowest BCUT2D eigenvalue weighted by atomic mass is 9.95. The fourth-order valence-electron chi connectivity index (χ4n) is 9.71. The van der Waals surface area contributed by atoms with E-state index in [0.717, 1.165) is 6.92 Å². The first-order valence-electron chi connectivity index (χ1n) is 32.8. The maximum absolute atomic E-state index is 14.4. The standard InChI is InChI=1S/C61H106N22O16/c1-7-32(3)46(48(63)89)82-55(96)41(29-35-17-10-9-11-18-35)80-58(99)47(33(4)8-2)83-56(97)42(30-45(87)88)79-49(90)34(5)74-57(98)43(31-84)81-53(94)39(22-16-28-73-61(68)69)77-52(93)38(21-15-27-72-60(66)67)76-51(92)37(19-12-13-25-62)75-54(95)40(23-24-44(85)86)78-50(91)36(70-6)20-14-26-71-59(64)65/h9-11,17-18,32-34,36-43,46-47,70,84H,7-8,12-16,19-31,62H2,1-6H3,(H2,63,89)(H,74,98)(H,75,95)(H,76,92)(H,77,93)(H,78,91)(H,79,90)(H,80,99)(H,81,94)(H,82,96)(H,83,97)(H,85,86)(H,87,88)(H4,64,65,71)(H4,66,67,72)(H4,68,69,73)/t32-,33-,34-,36-,37-,38-,39-,40-,41-,42-,43-,46-,47-/m0/s1. The summed E-state index contributed by atoms with van der Waals surface area (Å²) in [5.41, 5.74) is 28.3. The first kappa shape index (κ1) is 87.0. The molecule has 0 aliphatic rings. The number of likely N-dealkylation sites (N-methyl/N-ethyl adjacent to an activating group) is 1. The highest BCUT2D eigenvalue weighted by Crippen LogP contribution is 2.15. The van der Waals surface area contributed by atoms with Gasteiger partial charge in [0.2, 0.25) is 65.0 Å². The Morgan fingerprint density at radius 3 is 1.22 bits per heavy atom. The van der Waals surface area contributed by atoms with Crippen molar-refractivity contribution in [3.05, 3.63) is 35.9 Å². The number of carbonyl (C=O) groups is 13. The maximum Gasteiger partial charge on any atom is 0.305 e. The highest BCUT2D eigenvalue weighted by atomic mass is 16.4. The lowest BCUT2D eigenvalue weighted by molar-refractivity contribution is -0.142. The molecule has 99 heavy (non-hydrogen) atoms. The third-order valence-corrected chi connectivity index (χ3v) is 15.9. The summed E-state index contributed by atoms with van der Waals surface area (Å²) < 4.78 is 0. The zero-order chi connectivity index (χ0) is 74.9. The summed E-state index contributed by atoms with van der Waals surface area (Å²) >= 11 is 0. The zero-order valence-corrected chi connectivity index (χ0v) is 57.1. The van der Waals surface area contributed by atoms with Gasteiger partial charge in [0.15, 0.2) is 17.9 Å². The van der Waals surface area contributed by atoms with Crippen molar-refractivity contribution in [3.8, 4) is 0 Å². The number of amides is 11. The van der Waals surface area contributed by atoms with Gasteiger partial charge in [0.1, 0.15) is 60.4 Å². The molecule has 0 heterocycles. The Kier molecular flexibility index (Phi) is 41.4. The molecular formula is C61H106N22O16. The van der Waals surface area contributed by atoms with Crippen molar-refractivity contribution in [2.24, 2.45) is 40.5 Å². The SMILES string of the molecule is CC[C@H](C)[C@H](NC(=O)[C@H](Cc1ccccc1)NC(=O)[C@@H](NC(=O)[C@H](CC(=O)O)NC(=O)[C@H](C)NC(=O)[C@H](CO)NC(=O)[C@H](CCCNC(=N)N)NC(=O)[C@H](CCCNC(=N)N)NC(=O)[C@H](CCCCN)NC(=O)[C@H](CCC(=O)O)NC(=O)[C@H](CCCNC(=N)N)NC)[C@@H](C)CC)C(N)=O. The molecule has 1 aromatic rings. The van der Waals surface area contributed by atoms with Crippen LogP contribution in [0.1, 0.15) is 130 Å². The number of primary amides is 1. The Hall–Kier alpha value is -9.98. The molecule has 11 amide bonds. The molecule has 556 valence electrons. The number of unbranched alkanes of at least 4 members (excludes halogenated alkanes) is 1. The van der Waals surface area contributed by atoms with Crippen LogP contribution in [0.2, 0.25) is 0 Å². The smallest absolute Gasteiger partial charge is 0.305 e. The third kappa shape index (κ3) is 34.7. The number of hydrogen-bond acceptors (Lipinski definition) is 19. The molecule has 1 rings (SSSR count). The average Bonchev–Trinajstić information content (AvgIpc) is 0.869. The number of nitrogens with two attached hydrogens (primary N) is 5. The predicted molar refractivity (Wildman–Crippen MR) is 363 cm³/mol. The summed E-state index contributed by atoms with van der Waals surface area (Å²) in [6, 6.07) is -7.75.